The lowest BCUT2D eigenvalue weighted by molar-refractivity contribution is 0.324. The summed E-state index contributed by atoms with van der Waals surface area (Å²) in [5, 5.41) is 0.790. The normalized spacial score (nSPS) is 19.5. The highest BCUT2D eigenvalue weighted by Crippen LogP contribution is 2.37. The van der Waals surface area contributed by atoms with Gasteiger partial charge in [0.2, 0.25) is 0 Å². The van der Waals surface area contributed by atoms with E-state index in [2.05, 4.69) is 15.9 Å². The molecule has 0 spiro atoms. The highest BCUT2D eigenvalue weighted by molar-refractivity contribution is 9.11. The number of thiophene rings is 1. The average Bonchev–Trinajstić information content (AvgIpc) is 2.68. The van der Waals surface area contributed by atoms with Crippen LogP contribution >= 0.6 is 38.9 Å². The largest absolute Gasteiger partial charge is 0.323 e. The molecule has 0 aliphatic heterocycles. The minimum atomic E-state index is 0.158. The monoisotopic (exact) mass is 335 g/mol. The maximum Gasteiger partial charge on any atom is 0.0887 e. The number of hydrogen-bond acceptors (Lipinski definition) is 2. The first-order chi connectivity index (χ1) is 8.16. The molecule has 2 rings (SSSR count). The van der Waals surface area contributed by atoms with E-state index >= 15 is 0 Å². The second-order valence-electron chi connectivity index (χ2n) is 4.96. The third kappa shape index (κ3) is 3.95. The van der Waals surface area contributed by atoms with Crippen molar-refractivity contribution in [2.45, 2.75) is 51.0 Å². The van der Waals surface area contributed by atoms with Crippen molar-refractivity contribution in [1.82, 2.24) is 0 Å². The number of nitrogens with two attached hydrogens (primary N) is 1. The fourth-order valence-electron chi connectivity index (χ4n) is 2.58. The molecule has 0 aromatic carbocycles. The molecule has 1 fully saturated rings. The highest BCUT2D eigenvalue weighted by Gasteiger charge is 2.17. The van der Waals surface area contributed by atoms with E-state index in [1.807, 2.05) is 6.07 Å². The summed E-state index contributed by atoms with van der Waals surface area (Å²) >= 11 is 11.1. The predicted molar refractivity (Wildman–Crippen MR) is 79.8 cm³/mol. The number of rotatable bonds is 4. The van der Waals surface area contributed by atoms with Gasteiger partial charge in [-0.1, -0.05) is 43.7 Å². The van der Waals surface area contributed by atoms with Crippen molar-refractivity contribution in [2.75, 3.05) is 0 Å². The maximum atomic E-state index is 6.23. The van der Waals surface area contributed by atoms with Crippen molar-refractivity contribution in [3.63, 3.8) is 0 Å². The van der Waals surface area contributed by atoms with Crippen molar-refractivity contribution < 1.29 is 0 Å². The van der Waals surface area contributed by atoms with E-state index in [0.29, 0.717) is 0 Å². The summed E-state index contributed by atoms with van der Waals surface area (Å²) in [6.07, 6.45) is 9.42. The lowest BCUT2D eigenvalue weighted by Crippen LogP contribution is -2.13. The Morgan fingerprint density at radius 1 is 1.41 bits per heavy atom. The molecular formula is C13H19BrClNS. The van der Waals surface area contributed by atoms with Gasteiger partial charge >= 0.3 is 0 Å². The van der Waals surface area contributed by atoms with E-state index in [9.17, 15) is 0 Å². The first kappa shape index (κ1) is 13.9. The second kappa shape index (κ2) is 6.55. The minimum Gasteiger partial charge on any atom is -0.323 e. The van der Waals surface area contributed by atoms with Gasteiger partial charge in [0.15, 0.2) is 0 Å². The van der Waals surface area contributed by atoms with Crippen molar-refractivity contribution in [2.24, 2.45) is 11.7 Å². The Balaban J connectivity index is 1.82. The topological polar surface area (TPSA) is 26.0 Å². The summed E-state index contributed by atoms with van der Waals surface area (Å²) in [6, 6.07) is 2.16. The van der Waals surface area contributed by atoms with Gasteiger partial charge in [-0.3, -0.25) is 0 Å². The molecule has 1 aliphatic rings. The predicted octanol–water partition coefficient (Wildman–Crippen LogP) is 5.52. The fourth-order valence-corrected chi connectivity index (χ4v) is 4.36. The van der Waals surface area contributed by atoms with Crippen LogP contribution in [0.15, 0.2) is 9.85 Å². The summed E-state index contributed by atoms with van der Waals surface area (Å²) < 4.78 is 1.00. The van der Waals surface area contributed by atoms with Gasteiger partial charge in [-0.15, -0.1) is 11.3 Å². The van der Waals surface area contributed by atoms with Gasteiger partial charge in [-0.05, 0) is 40.8 Å². The summed E-state index contributed by atoms with van der Waals surface area (Å²) in [4.78, 5) is 1.21. The molecule has 2 N–H and O–H groups in total. The molecule has 0 amide bonds. The number of hydrogen-bond donors (Lipinski definition) is 1. The van der Waals surface area contributed by atoms with Crippen molar-refractivity contribution in [1.29, 1.82) is 0 Å². The Labute approximate surface area is 121 Å². The highest BCUT2D eigenvalue weighted by atomic mass is 79.9. The molecule has 0 saturated heterocycles. The van der Waals surface area contributed by atoms with Gasteiger partial charge in [0.1, 0.15) is 0 Å². The van der Waals surface area contributed by atoms with Crippen molar-refractivity contribution in [3.05, 3.63) is 19.8 Å². The molecule has 1 heterocycles. The molecule has 1 aromatic heterocycles. The van der Waals surface area contributed by atoms with Gasteiger partial charge < -0.3 is 5.73 Å². The van der Waals surface area contributed by atoms with Crippen LogP contribution < -0.4 is 5.73 Å². The average molecular weight is 337 g/mol. The minimum absolute atomic E-state index is 0.158. The van der Waals surface area contributed by atoms with Gasteiger partial charge in [0, 0.05) is 10.9 Å². The van der Waals surface area contributed by atoms with Crippen LogP contribution in [0.3, 0.4) is 0 Å². The fraction of sp³-hybridized carbons (Fsp3) is 0.692. The quantitative estimate of drug-likeness (QED) is 0.769. The van der Waals surface area contributed by atoms with E-state index in [-0.39, 0.29) is 6.04 Å². The van der Waals surface area contributed by atoms with Crippen molar-refractivity contribution >= 4 is 38.9 Å². The van der Waals surface area contributed by atoms with Gasteiger partial charge in [0.05, 0.1) is 8.81 Å². The molecule has 1 aliphatic carbocycles. The summed E-state index contributed by atoms with van der Waals surface area (Å²) in [7, 11) is 0. The van der Waals surface area contributed by atoms with Crippen LogP contribution in [0.5, 0.6) is 0 Å². The maximum absolute atomic E-state index is 6.23. The molecule has 96 valence electrons. The van der Waals surface area contributed by atoms with Gasteiger partial charge in [-0.2, -0.15) is 0 Å². The first-order valence-corrected chi connectivity index (χ1v) is 8.36. The molecule has 17 heavy (non-hydrogen) atoms. The lowest BCUT2D eigenvalue weighted by atomic mass is 9.85. The Bertz CT molecular complexity index is 341. The molecule has 1 atom stereocenters. The van der Waals surface area contributed by atoms with Crippen LogP contribution in [0.1, 0.15) is 55.9 Å². The summed E-state index contributed by atoms with van der Waals surface area (Å²) in [5.74, 6) is 0.911. The molecule has 0 radical (unpaired) electrons. The zero-order valence-electron chi connectivity index (χ0n) is 9.92. The van der Waals surface area contributed by atoms with Crippen LogP contribution in [-0.2, 0) is 0 Å². The molecule has 1 aromatic rings. The van der Waals surface area contributed by atoms with Crippen molar-refractivity contribution in [3.8, 4) is 0 Å². The zero-order valence-corrected chi connectivity index (χ0v) is 13.1. The van der Waals surface area contributed by atoms with Crippen LogP contribution in [0.4, 0.5) is 0 Å². The van der Waals surface area contributed by atoms with Crippen LogP contribution in [0.2, 0.25) is 5.02 Å². The second-order valence-corrected chi connectivity index (χ2v) is 7.77. The third-order valence-electron chi connectivity index (χ3n) is 3.64. The van der Waals surface area contributed by atoms with E-state index in [1.165, 1.54) is 43.4 Å². The molecule has 4 heteroatoms. The van der Waals surface area contributed by atoms with Crippen LogP contribution in [-0.4, -0.2) is 0 Å². The Morgan fingerprint density at radius 2 is 2.12 bits per heavy atom. The smallest absolute Gasteiger partial charge is 0.0887 e. The van der Waals surface area contributed by atoms with E-state index in [1.54, 1.807) is 11.3 Å². The van der Waals surface area contributed by atoms with E-state index in [0.717, 1.165) is 21.1 Å². The van der Waals surface area contributed by atoms with E-state index < -0.39 is 0 Å². The third-order valence-corrected chi connectivity index (χ3v) is 6.25. The van der Waals surface area contributed by atoms with Crippen LogP contribution in [0.25, 0.3) is 0 Å². The van der Waals surface area contributed by atoms with E-state index in [4.69, 9.17) is 17.3 Å². The molecular weight excluding hydrogens is 318 g/mol. The molecule has 1 unspecified atom stereocenters. The Hall–Kier alpha value is 0.430. The van der Waals surface area contributed by atoms with Crippen LogP contribution in [0, 0.1) is 5.92 Å². The first-order valence-electron chi connectivity index (χ1n) is 6.37. The zero-order chi connectivity index (χ0) is 12.3. The van der Waals surface area contributed by atoms with Gasteiger partial charge in [-0.25, -0.2) is 0 Å². The lowest BCUT2D eigenvalue weighted by Gasteiger charge is -2.22. The number of halogens is 2. The SMILES string of the molecule is NC(CCC1CCCCC1)c1cc(Cl)c(Br)s1. The molecule has 0 bridgehead atoms. The van der Waals surface area contributed by atoms with Gasteiger partial charge in [0.25, 0.3) is 0 Å². The Kier molecular flexibility index (Phi) is 5.34. The molecule has 1 saturated carbocycles. The standard InChI is InChI=1S/C13H19BrClNS/c14-13-10(15)8-12(17-13)11(16)7-6-9-4-2-1-3-5-9/h8-9,11H,1-7,16H2. The molecule has 1 nitrogen and oxygen atoms in total. The summed E-state index contributed by atoms with van der Waals surface area (Å²) in [5.41, 5.74) is 6.23. The Morgan fingerprint density at radius 3 is 2.71 bits per heavy atom. The summed E-state index contributed by atoms with van der Waals surface area (Å²) in [6.45, 7) is 0.